The molecule has 25 heavy (non-hydrogen) atoms. The maximum atomic E-state index is 13.2. The van der Waals surface area contributed by atoms with Gasteiger partial charge >= 0.3 is 17.6 Å². The fourth-order valence-corrected chi connectivity index (χ4v) is 3.57. The lowest BCUT2D eigenvalue weighted by Gasteiger charge is -2.16. The number of halogens is 6. The van der Waals surface area contributed by atoms with Gasteiger partial charge in [0.05, 0.1) is 18.3 Å². The second-order valence-corrected chi connectivity index (χ2v) is 7.28. The van der Waals surface area contributed by atoms with Crippen LogP contribution < -0.4 is 5.32 Å². The Labute approximate surface area is 146 Å². The molecule has 3 rings (SSSR count). The normalized spacial score (nSPS) is 19.1. The maximum Gasteiger partial charge on any atom is 0.435 e. The summed E-state index contributed by atoms with van der Waals surface area (Å²) in [4.78, 5) is 16.5. The first kappa shape index (κ1) is 18.1. The van der Waals surface area contributed by atoms with Crippen LogP contribution in [0.1, 0.15) is 22.8 Å². The van der Waals surface area contributed by atoms with E-state index in [4.69, 9.17) is 11.6 Å². The molecule has 0 radical (unpaired) electrons. The van der Waals surface area contributed by atoms with Crippen LogP contribution in [-0.2, 0) is 12.7 Å². The highest BCUT2D eigenvalue weighted by Crippen LogP contribution is 2.34. The Kier molecular flexibility index (Phi) is 4.30. The minimum Gasteiger partial charge on any atom is -0.333 e. The molecule has 0 bridgehead atoms. The zero-order valence-electron chi connectivity index (χ0n) is 12.6. The number of aryl methyl sites for hydroxylation is 1. The molecule has 1 fully saturated rings. The lowest BCUT2D eigenvalue weighted by Crippen LogP contribution is -2.31. The number of hydrogen-bond donors (Lipinski definition) is 1. The third-order valence-corrected chi connectivity index (χ3v) is 4.52. The number of imidazole rings is 1. The lowest BCUT2D eigenvalue weighted by atomic mass is 10.2. The van der Waals surface area contributed by atoms with Gasteiger partial charge in [0, 0.05) is 13.0 Å². The summed E-state index contributed by atoms with van der Waals surface area (Å²) in [6.07, 6.45) is -5.55. The highest BCUT2D eigenvalue weighted by atomic mass is 35.5. The highest BCUT2D eigenvalue weighted by molar-refractivity contribution is 7.16. The number of fused-ring (bicyclic) bond motifs is 1. The molecule has 1 saturated heterocycles. The molecule has 1 aliphatic heterocycles. The SMILES string of the molecule is Cc1nn2c(CN3CC(CC(F)(F)Cl)NC3=O)c(C(F)(F)F)nc2s1. The van der Waals surface area contributed by atoms with Crippen molar-refractivity contribution in [2.75, 3.05) is 6.54 Å². The van der Waals surface area contributed by atoms with Crippen LogP contribution in [0.15, 0.2) is 0 Å². The smallest absolute Gasteiger partial charge is 0.333 e. The molecule has 0 spiro atoms. The van der Waals surface area contributed by atoms with Crippen molar-refractivity contribution >= 4 is 33.9 Å². The van der Waals surface area contributed by atoms with Gasteiger partial charge in [-0.15, -0.1) is 0 Å². The van der Waals surface area contributed by atoms with Gasteiger partial charge in [-0.2, -0.15) is 27.1 Å². The minimum atomic E-state index is -4.73. The number of urea groups is 1. The molecule has 1 unspecified atom stereocenters. The van der Waals surface area contributed by atoms with Crippen molar-refractivity contribution in [3.63, 3.8) is 0 Å². The zero-order chi connectivity index (χ0) is 18.6. The van der Waals surface area contributed by atoms with Gasteiger partial charge in [0.15, 0.2) is 5.69 Å². The van der Waals surface area contributed by atoms with E-state index in [1.165, 1.54) is 0 Å². The van der Waals surface area contributed by atoms with Crippen LogP contribution in [-0.4, -0.2) is 43.5 Å². The van der Waals surface area contributed by atoms with Gasteiger partial charge in [0.25, 0.3) is 0 Å². The first-order chi connectivity index (χ1) is 11.4. The molecule has 6 nitrogen and oxygen atoms in total. The molecular weight excluding hydrogens is 393 g/mol. The predicted octanol–water partition coefficient (Wildman–Crippen LogP) is 3.23. The van der Waals surface area contributed by atoms with E-state index in [9.17, 15) is 26.7 Å². The number of rotatable bonds is 4. The summed E-state index contributed by atoms with van der Waals surface area (Å²) in [5.41, 5.74) is -1.47. The number of carbonyl (C=O) groups excluding carboxylic acids is 1. The fraction of sp³-hybridized carbons (Fsp3) is 0.583. The van der Waals surface area contributed by atoms with Crippen molar-refractivity contribution in [1.29, 1.82) is 0 Å². The fourth-order valence-electron chi connectivity index (χ4n) is 2.63. The molecular formula is C12H11ClF5N5OS. The van der Waals surface area contributed by atoms with Crippen LogP contribution in [0.5, 0.6) is 0 Å². The number of alkyl halides is 6. The maximum absolute atomic E-state index is 13.2. The monoisotopic (exact) mass is 403 g/mol. The molecule has 3 heterocycles. The Bertz CT molecular complexity index is 813. The molecule has 13 heteroatoms. The Hall–Kier alpha value is -1.69. The van der Waals surface area contributed by atoms with E-state index in [0.29, 0.717) is 5.01 Å². The topological polar surface area (TPSA) is 62.5 Å². The summed E-state index contributed by atoms with van der Waals surface area (Å²) in [7, 11) is 0. The van der Waals surface area contributed by atoms with Crippen LogP contribution in [0.3, 0.4) is 0 Å². The van der Waals surface area contributed by atoms with Gasteiger partial charge in [-0.3, -0.25) is 0 Å². The van der Waals surface area contributed by atoms with E-state index in [0.717, 1.165) is 20.8 Å². The average Bonchev–Trinajstić information content (AvgIpc) is 3.02. The summed E-state index contributed by atoms with van der Waals surface area (Å²) in [5.74, 6) is 0. The Morgan fingerprint density at radius 2 is 2.04 bits per heavy atom. The van der Waals surface area contributed by atoms with Crippen molar-refractivity contribution in [2.24, 2.45) is 0 Å². The van der Waals surface area contributed by atoms with Crippen molar-refractivity contribution in [1.82, 2.24) is 24.8 Å². The van der Waals surface area contributed by atoms with E-state index in [1.807, 2.05) is 0 Å². The van der Waals surface area contributed by atoms with Crippen molar-refractivity contribution in [3.05, 3.63) is 16.4 Å². The molecule has 2 amide bonds. The van der Waals surface area contributed by atoms with Gasteiger partial charge in [0.2, 0.25) is 4.96 Å². The molecule has 0 saturated carbocycles. The highest BCUT2D eigenvalue weighted by Gasteiger charge is 2.41. The van der Waals surface area contributed by atoms with E-state index in [-0.39, 0.29) is 17.2 Å². The first-order valence-corrected chi connectivity index (χ1v) is 8.18. The summed E-state index contributed by atoms with van der Waals surface area (Å²) in [6, 6.07) is -1.71. The van der Waals surface area contributed by atoms with Gasteiger partial charge < -0.3 is 10.2 Å². The molecule has 1 atom stereocenters. The second-order valence-electron chi connectivity index (χ2n) is 5.57. The third-order valence-electron chi connectivity index (χ3n) is 3.54. The summed E-state index contributed by atoms with van der Waals surface area (Å²) in [6.45, 7) is 0.946. The van der Waals surface area contributed by atoms with Gasteiger partial charge in [-0.05, 0) is 18.5 Å². The number of hydrogen-bond acceptors (Lipinski definition) is 4. The summed E-state index contributed by atoms with van der Waals surface area (Å²) in [5, 5.41) is 3.23. The van der Waals surface area contributed by atoms with E-state index < -0.39 is 42.3 Å². The number of aromatic nitrogens is 3. The molecule has 2 aromatic rings. The van der Waals surface area contributed by atoms with Crippen LogP contribution in [0.4, 0.5) is 26.7 Å². The number of amides is 2. The minimum absolute atomic E-state index is 0.0447. The molecule has 2 aromatic heterocycles. The summed E-state index contributed by atoms with van der Waals surface area (Å²) < 4.78 is 66.4. The number of nitrogens with zero attached hydrogens (tertiary/aromatic N) is 4. The largest absolute Gasteiger partial charge is 0.435 e. The lowest BCUT2D eigenvalue weighted by molar-refractivity contribution is -0.141. The quantitative estimate of drug-likeness (QED) is 0.629. The van der Waals surface area contributed by atoms with E-state index in [2.05, 4.69) is 15.4 Å². The van der Waals surface area contributed by atoms with Crippen LogP contribution in [0.25, 0.3) is 4.96 Å². The van der Waals surface area contributed by atoms with Crippen LogP contribution in [0, 0.1) is 6.92 Å². The third kappa shape index (κ3) is 3.78. The van der Waals surface area contributed by atoms with Crippen LogP contribution in [0.2, 0.25) is 0 Å². The molecule has 0 aromatic carbocycles. The standard InChI is InChI=1S/C12H11ClF5N5OS/c1-5-21-23-7(8(12(16,17)18)20-10(23)25-5)4-22-3-6(19-9(22)24)2-11(13,14)15/h6H,2-4H2,1H3,(H,19,24). The van der Waals surface area contributed by atoms with Gasteiger partial charge in [-0.25, -0.2) is 14.3 Å². The first-order valence-electron chi connectivity index (χ1n) is 6.98. The van der Waals surface area contributed by atoms with Gasteiger partial charge in [0.1, 0.15) is 5.01 Å². The molecule has 0 aliphatic carbocycles. The Balaban J connectivity index is 1.88. The molecule has 138 valence electrons. The molecule has 1 N–H and O–H groups in total. The summed E-state index contributed by atoms with van der Waals surface area (Å²) >= 11 is 5.82. The Morgan fingerprint density at radius 3 is 2.64 bits per heavy atom. The van der Waals surface area contributed by atoms with E-state index in [1.54, 1.807) is 6.92 Å². The van der Waals surface area contributed by atoms with Crippen LogP contribution >= 0.6 is 22.9 Å². The van der Waals surface area contributed by atoms with Crippen molar-refractivity contribution in [3.8, 4) is 0 Å². The zero-order valence-corrected chi connectivity index (χ0v) is 14.1. The van der Waals surface area contributed by atoms with Gasteiger partial charge in [-0.1, -0.05) is 11.3 Å². The number of nitrogens with one attached hydrogen (secondary N) is 1. The van der Waals surface area contributed by atoms with Crippen molar-refractivity contribution < 1.29 is 26.7 Å². The van der Waals surface area contributed by atoms with Crippen molar-refractivity contribution in [2.45, 2.75) is 37.5 Å². The second kappa shape index (κ2) is 5.94. The van der Waals surface area contributed by atoms with E-state index >= 15 is 0 Å². The predicted molar refractivity (Wildman–Crippen MR) is 78.7 cm³/mol. The Morgan fingerprint density at radius 1 is 1.36 bits per heavy atom. The number of carbonyl (C=O) groups is 1. The average molecular weight is 404 g/mol. The molecule has 1 aliphatic rings.